The highest BCUT2D eigenvalue weighted by Crippen LogP contribution is 2.23. The molecule has 0 spiro atoms. The molecule has 2 N–H and O–H groups in total. The van der Waals surface area contributed by atoms with Gasteiger partial charge in [-0.1, -0.05) is 29.0 Å². The maximum absolute atomic E-state index is 11.8. The van der Waals surface area contributed by atoms with Crippen LogP contribution >= 0.6 is 22.9 Å². The number of nitrogens with zero attached hydrogens (tertiary/aromatic N) is 1. The minimum Gasteiger partial charge on any atom is -0.398 e. The molecule has 0 aliphatic carbocycles. The Kier molecular flexibility index (Phi) is 3.26. The Labute approximate surface area is 108 Å². The number of benzene rings is 1. The van der Waals surface area contributed by atoms with Crippen LogP contribution in [0.15, 0.2) is 23.0 Å². The van der Waals surface area contributed by atoms with Gasteiger partial charge in [0.15, 0.2) is 0 Å². The Balaban J connectivity index is 2.49. The van der Waals surface area contributed by atoms with Gasteiger partial charge >= 0.3 is 4.87 Å². The predicted octanol–water partition coefficient (Wildman–Crippen LogP) is 2.81. The molecule has 2 aromatic rings. The summed E-state index contributed by atoms with van der Waals surface area (Å²) in [7, 11) is 0. The summed E-state index contributed by atoms with van der Waals surface area (Å²) >= 11 is 7.35. The van der Waals surface area contributed by atoms with Crippen LogP contribution < -0.4 is 10.6 Å². The van der Waals surface area contributed by atoms with E-state index < -0.39 is 0 Å². The molecule has 1 heterocycles. The van der Waals surface area contributed by atoms with Gasteiger partial charge in [-0.3, -0.25) is 9.36 Å². The summed E-state index contributed by atoms with van der Waals surface area (Å²) in [6.45, 7) is 4.30. The minimum absolute atomic E-state index is 0.0271. The topological polar surface area (TPSA) is 48.0 Å². The number of nitrogens with two attached hydrogens (primary N) is 1. The normalized spacial score (nSPS) is 10.8. The van der Waals surface area contributed by atoms with Gasteiger partial charge in [0.05, 0.1) is 6.54 Å². The molecule has 3 nitrogen and oxygen atoms in total. The van der Waals surface area contributed by atoms with E-state index in [4.69, 9.17) is 17.3 Å². The first-order chi connectivity index (χ1) is 8.00. The molecule has 2 rings (SSSR count). The maximum Gasteiger partial charge on any atom is 0.307 e. The zero-order chi connectivity index (χ0) is 12.6. The van der Waals surface area contributed by atoms with E-state index >= 15 is 0 Å². The lowest BCUT2D eigenvalue weighted by Crippen LogP contribution is -2.16. The predicted molar refractivity (Wildman–Crippen MR) is 73.0 cm³/mol. The van der Waals surface area contributed by atoms with E-state index in [1.54, 1.807) is 22.8 Å². The van der Waals surface area contributed by atoms with E-state index in [9.17, 15) is 4.79 Å². The van der Waals surface area contributed by atoms with E-state index in [2.05, 4.69) is 0 Å². The van der Waals surface area contributed by atoms with E-state index in [-0.39, 0.29) is 4.87 Å². The smallest absolute Gasteiger partial charge is 0.307 e. The first-order valence-electron chi connectivity index (χ1n) is 5.20. The fraction of sp³-hybridized carbons (Fsp3) is 0.250. The van der Waals surface area contributed by atoms with Crippen LogP contribution in [0, 0.1) is 13.8 Å². The molecule has 90 valence electrons. The molecule has 0 bridgehead atoms. The Morgan fingerprint density at radius 3 is 2.65 bits per heavy atom. The summed E-state index contributed by atoms with van der Waals surface area (Å²) < 4.78 is 1.71. The number of rotatable bonds is 2. The third kappa shape index (κ3) is 2.23. The van der Waals surface area contributed by atoms with Gasteiger partial charge in [-0.2, -0.15) is 0 Å². The molecule has 0 radical (unpaired) electrons. The molecule has 0 aliphatic rings. The van der Waals surface area contributed by atoms with Crippen LogP contribution in [0.3, 0.4) is 0 Å². The molecule has 17 heavy (non-hydrogen) atoms. The van der Waals surface area contributed by atoms with E-state index in [0.29, 0.717) is 17.3 Å². The highest BCUT2D eigenvalue weighted by molar-refractivity contribution is 7.09. The van der Waals surface area contributed by atoms with Gasteiger partial charge < -0.3 is 5.73 Å². The van der Waals surface area contributed by atoms with Crippen LogP contribution in [0.5, 0.6) is 0 Å². The first-order valence-corrected chi connectivity index (χ1v) is 6.40. The summed E-state index contributed by atoms with van der Waals surface area (Å²) in [4.78, 5) is 12.8. The van der Waals surface area contributed by atoms with Crippen LogP contribution in [0.25, 0.3) is 0 Å². The first kappa shape index (κ1) is 12.2. The van der Waals surface area contributed by atoms with Crippen molar-refractivity contribution in [3.05, 3.63) is 49.0 Å². The van der Waals surface area contributed by atoms with Crippen molar-refractivity contribution in [2.45, 2.75) is 20.4 Å². The summed E-state index contributed by atoms with van der Waals surface area (Å²) in [5.41, 5.74) is 8.27. The van der Waals surface area contributed by atoms with Crippen molar-refractivity contribution in [2.24, 2.45) is 0 Å². The molecule has 0 aliphatic heterocycles. The molecular formula is C12H13ClN2OS. The molecule has 0 saturated carbocycles. The van der Waals surface area contributed by atoms with Crippen molar-refractivity contribution in [3.63, 3.8) is 0 Å². The molecule has 1 aromatic carbocycles. The number of anilines is 1. The largest absolute Gasteiger partial charge is 0.398 e. The van der Waals surface area contributed by atoms with Crippen LogP contribution in [0.1, 0.15) is 16.1 Å². The standard InChI is InChI=1S/C12H13ClN2OS/c1-7-8(2)17-12(16)15(7)6-9-10(13)4-3-5-11(9)14/h3-5H,6,14H2,1-2H3. The average Bonchev–Trinajstić information content (AvgIpc) is 2.49. The monoisotopic (exact) mass is 268 g/mol. The molecule has 0 amide bonds. The van der Waals surface area contributed by atoms with Crippen molar-refractivity contribution >= 4 is 28.6 Å². The second-order valence-electron chi connectivity index (χ2n) is 3.90. The van der Waals surface area contributed by atoms with Gasteiger partial charge in [0.2, 0.25) is 0 Å². The molecule has 0 saturated heterocycles. The SMILES string of the molecule is Cc1sc(=O)n(Cc2c(N)cccc2Cl)c1C. The van der Waals surface area contributed by atoms with Crippen molar-refractivity contribution < 1.29 is 0 Å². The number of aryl methyl sites for hydroxylation is 1. The third-order valence-corrected chi connectivity index (χ3v) is 4.20. The number of halogens is 1. The van der Waals surface area contributed by atoms with Crippen molar-refractivity contribution in [1.29, 1.82) is 0 Å². The lowest BCUT2D eigenvalue weighted by Gasteiger charge is -2.09. The highest BCUT2D eigenvalue weighted by Gasteiger charge is 2.11. The summed E-state index contributed by atoms with van der Waals surface area (Å²) in [6, 6.07) is 5.38. The lowest BCUT2D eigenvalue weighted by molar-refractivity contribution is 0.753. The van der Waals surface area contributed by atoms with Crippen molar-refractivity contribution in [3.8, 4) is 0 Å². The molecule has 1 aromatic heterocycles. The number of hydrogen-bond acceptors (Lipinski definition) is 3. The van der Waals surface area contributed by atoms with Gasteiger partial charge in [0.1, 0.15) is 0 Å². The van der Waals surface area contributed by atoms with Crippen molar-refractivity contribution in [2.75, 3.05) is 5.73 Å². The highest BCUT2D eigenvalue weighted by atomic mass is 35.5. The number of thiazole rings is 1. The zero-order valence-electron chi connectivity index (χ0n) is 9.66. The van der Waals surface area contributed by atoms with E-state index in [1.807, 2.05) is 13.8 Å². The fourth-order valence-corrected chi connectivity index (χ4v) is 2.74. The Hall–Kier alpha value is -1.26. The van der Waals surface area contributed by atoms with Gasteiger partial charge in [0.25, 0.3) is 0 Å². The van der Waals surface area contributed by atoms with Gasteiger partial charge in [-0.05, 0) is 26.0 Å². The van der Waals surface area contributed by atoms with E-state index in [0.717, 1.165) is 16.1 Å². The maximum atomic E-state index is 11.8. The average molecular weight is 269 g/mol. The summed E-state index contributed by atoms with van der Waals surface area (Å²) in [5, 5.41) is 0.597. The van der Waals surface area contributed by atoms with E-state index in [1.165, 1.54) is 11.3 Å². The Morgan fingerprint density at radius 1 is 1.41 bits per heavy atom. The quantitative estimate of drug-likeness (QED) is 0.852. The van der Waals surface area contributed by atoms with Crippen molar-refractivity contribution in [1.82, 2.24) is 4.57 Å². The molecule has 0 fully saturated rings. The summed E-state index contributed by atoms with van der Waals surface area (Å²) in [6.07, 6.45) is 0. The molecule has 0 atom stereocenters. The zero-order valence-corrected chi connectivity index (χ0v) is 11.2. The van der Waals surface area contributed by atoms with Gasteiger partial charge in [-0.25, -0.2) is 0 Å². The van der Waals surface area contributed by atoms with Crippen LogP contribution in [-0.2, 0) is 6.54 Å². The Morgan fingerprint density at radius 2 is 2.12 bits per heavy atom. The second kappa shape index (κ2) is 4.55. The minimum atomic E-state index is 0.0271. The number of aromatic nitrogens is 1. The molecule has 0 unspecified atom stereocenters. The van der Waals surface area contributed by atoms with Crippen LogP contribution in [-0.4, -0.2) is 4.57 Å². The number of hydrogen-bond donors (Lipinski definition) is 1. The summed E-state index contributed by atoms with van der Waals surface area (Å²) in [5.74, 6) is 0. The van der Waals surface area contributed by atoms with Gasteiger partial charge in [0, 0.05) is 26.8 Å². The lowest BCUT2D eigenvalue weighted by atomic mass is 10.2. The fourth-order valence-electron chi connectivity index (χ4n) is 1.67. The Bertz CT molecular complexity index is 595. The van der Waals surface area contributed by atoms with Gasteiger partial charge in [-0.15, -0.1) is 0 Å². The number of nitrogen functional groups attached to an aromatic ring is 1. The second-order valence-corrected chi connectivity index (χ2v) is 5.48. The molecular weight excluding hydrogens is 256 g/mol. The third-order valence-electron chi connectivity index (χ3n) is 2.85. The van der Waals surface area contributed by atoms with Crippen LogP contribution in [0.2, 0.25) is 5.02 Å². The molecule has 5 heteroatoms. The van der Waals surface area contributed by atoms with Crippen LogP contribution in [0.4, 0.5) is 5.69 Å².